The third-order valence-corrected chi connectivity index (χ3v) is 12.3. The van der Waals surface area contributed by atoms with Crippen molar-refractivity contribution < 1.29 is 43.9 Å². The van der Waals surface area contributed by atoms with Crippen LogP contribution in [0.2, 0.25) is 0 Å². The summed E-state index contributed by atoms with van der Waals surface area (Å²) in [4.78, 5) is 38.4. The fourth-order valence-corrected chi connectivity index (χ4v) is 9.77. The lowest BCUT2D eigenvalue weighted by molar-refractivity contribution is -0.257. The highest BCUT2D eigenvalue weighted by Crippen LogP contribution is 2.75. The molecule has 3 saturated carbocycles. The van der Waals surface area contributed by atoms with Crippen LogP contribution in [-0.2, 0) is 28.6 Å². The van der Waals surface area contributed by atoms with Gasteiger partial charge in [0.05, 0.1) is 28.3 Å². The molecule has 0 aromatic heterocycles. The Hall–Kier alpha value is -2.07. The van der Waals surface area contributed by atoms with E-state index in [1.54, 1.807) is 13.0 Å². The first-order valence-electron chi connectivity index (χ1n) is 14.1. The smallest absolute Gasteiger partial charge is 0.336 e. The highest BCUT2D eigenvalue weighted by molar-refractivity contribution is 5.97. The van der Waals surface area contributed by atoms with Gasteiger partial charge in [0, 0.05) is 31.1 Å². The Morgan fingerprint density at radius 3 is 2.49 bits per heavy atom. The first-order chi connectivity index (χ1) is 18.0. The molecule has 9 heteroatoms. The molecule has 3 N–H and O–H groups in total. The van der Waals surface area contributed by atoms with E-state index in [1.165, 1.54) is 13.8 Å². The molecule has 12 atom stereocenters. The summed E-state index contributed by atoms with van der Waals surface area (Å²) >= 11 is 0. The van der Waals surface area contributed by atoms with Crippen LogP contribution >= 0.6 is 0 Å². The Labute approximate surface area is 228 Å². The second-order valence-corrected chi connectivity index (χ2v) is 13.7. The lowest BCUT2D eigenvalue weighted by Gasteiger charge is -2.62. The largest absolute Gasteiger partial charge is 0.459 e. The topological polar surface area (TPSA) is 143 Å². The van der Waals surface area contributed by atoms with E-state index in [9.17, 15) is 29.7 Å². The first kappa shape index (κ1) is 27.1. The number of carbonyl (C=O) groups is 3. The number of allylic oxidation sites excluding steroid dienone is 1. The fourth-order valence-electron chi connectivity index (χ4n) is 9.77. The highest BCUT2D eigenvalue weighted by atomic mass is 16.6. The van der Waals surface area contributed by atoms with E-state index in [0.29, 0.717) is 25.7 Å². The molecule has 0 radical (unpaired) electrons. The first-order valence-corrected chi connectivity index (χ1v) is 14.1. The van der Waals surface area contributed by atoms with Gasteiger partial charge in [0.1, 0.15) is 23.4 Å². The van der Waals surface area contributed by atoms with Crippen LogP contribution < -0.4 is 0 Å². The SMILES string of the molecule is C=C1C(=O)O[C@@H]([C@@H](C)[C@]2(O)C[C@H](OC(C)=O)[C@]3(O)[C@@H]4C[C@H]5O[C@]56CC=CC(=O)[C@]6(C)[C@H]4CC[C@@]32C)C[C@]1(C)O. The van der Waals surface area contributed by atoms with Gasteiger partial charge in [0.25, 0.3) is 0 Å². The molecule has 5 fully saturated rings. The normalized spacial score (nSPS) is 54.6. The molecule has 214 valence electrons. The number of hydrogen-bond acceptors (Lipinski definition) is 9. The number of ketones is 1. The number of rotatable bonds is 3. The number of epoxide rings is 1. The fraction of sp³-hybridized carbons (Fsp3) is 0.767. The summed E-state index contributed by atoms with van der Waals surface area (Å²) in [6, 6.07) is 0. The van der Waals surface area contributed by atoms with E-state index in [-0.39, 0.29) is 36.2 Å². The van der Waals surface area contributed by atoms with Gasteiger partial charge in [-0.25, -0.2) is 4.79 Å². The molecule has 0 amide bonds. The number of aliphatic hydroxyl groups is 3. The van der Waals surface area contributed by atoms with E-state index in [1.807, 2.05) is 19.9 Å². The maximum Gasteiger partial charge on any atom is 0.336 e. The third kappa shape index (κ3) is 3.03. The third-order valence-electron chi connectivity index (χ3n) is 12.3. The molecular formula is C30H40O9. The standard InChI is InChI=1S/C30H40O9/c1-15(20-13-25(4,34)16(2)24(33)38-20)28(35)14-23(37-17(3)31)30(36)19-12-22-29(39-22)10-7-8-21(32)27(29,6)18(19)9-11-26(28,30)5/h7-8,15,18-20,22-23,34-36H,2,9-14H2,1,3-6H3/t15-,18+,19-,20-,22-,23+,25+,26-,27+,28-,29-,30-/m1/s1. The van der Waals surface area contributed by atoms with Gasteiger partial charge in [0.15, 0.2) is 5.78 Å². The average molecular weight is 545 g/mol. The Morgan fingerprint density at radius 1 is 1.15 bits per heavy atom. The molecule has 4 aliphatic carbocycles. The van der Waals surface area contributed by atoms with Gasteiger partial charge in [-0.2, -0.15) is 0 Å². The van der Waals surface area contributed by atoms with E-state index < -0.39 is 69.2 Å². The van der Waals surface area contributed by atoms with Crippen LogP contribution in [0.1, 0.15) is 73.1 Å². The van der Waals surface area contributed by atoms with Gasteiger partial charge in [-0.05, 0) is 57.4 Å². The minimum atomic E-state index is -1.67. The number of cyclic esters (lactones) is 1. The van der Waals surface area contributed by atoms with Crippen molar-refractivity contribution in [3.05, 3.63) is 24.3 Å². The van der Waals surface area contributed by atoms with Crippen LogP contribution in [0, 0.1) is 28.6 Å². The monoisotopic (exact) mass is 544 g/mol. The summed E-state index contributed by atoms with van der Waals surface area (Å²) in [6.45, 7) is 12.0. The van der Waals surface area contributed by atoms with Crippen LogP contribution in [0.4, 0.5) is 0 Å². The molecule has 0 aromatic carbocycles. The zero-order valence-corrected chi connectivity index (χ0v) is 23.4. The van der Waals surface area contributed by atoms with Crippen molar-refractivity contribution >= 4 is 17.7 Å². The zero-order chi connectivity index (χ0) is 28.6. The van der Waals surface area contributed by atoms with Crippen molar-refractivity contribution in [1.29, 1.82) is 0 Å². The summed E-state index contributed by atoms with van der Waals surface area (Å²) in [5, 5.41) is 36.4. The Bertz CT molecular complexity index is 1210. The van der Waals surface area contributed by atoms with Gasteiger partial charge in [-0.15, -0.1) is 0 Å². The Kier molecular flexibility index (Phi) is 5.43. The van der Waals surface area contributed by atoms with Gasteiger partial charge in [-0.3, -0.25) is 9.59 Å². The molecule has 6 aliphatic rings. The second kappa shape index (κ2) is 7.81. The molecular weight excluding hydrogens is 504 g/mol. The maximum absolute atomic E-state index is 13.5. The minimum absolute atomic E-state index is 0.0135. The number of hydrogen-bond donors (Lipinski definition) is 3. The van der Waals surface area contributed by atoms with Crippen molar-refractivity contribution in [3.63, 3.8) is 0 Å². The van der Waals surface area contributed by atoms with E-state index >= 15 is 0 Å². The van der Waals surface area contributed by atoms with E-state index in [0.717, 1.165) is 0 Å². The van der Waals surface area contributed by atoms with E-state index in [4.69, 9.17) is 14.2 Å². The second-order valence-electron chi connectivity index (χ2n) is 13.7. The van der Waals surface area contributed by atoms with Gasteiger partial charge < -0.3 is 29.5 Å². The van der Waals surface area contributed by atoms with Crippen LogP contribution in [-0.4, -0.2) is 73.8 Å². The van der Waals surface area contributed by atoms with Crippen LogP contribution in [0.15, 0.2) is 24.3 Å². The molecule has 2 heterocycles. The quantitative estimate of drug-likeness (QED) is 0.277. The van der Waals surface area contributed by atoms with Gasteiger partial charge in [0.2, 0.25) is 0 Å². The molecule has 2 aliphatic heterocycles. The number of ether oxygens (including phenoxy) is 3. The van der Waals surface area contributed by atoms with Gasteiger partial charge >= 0.3 is 11.9 Å². The van der Waals surface area contributed by atoms with Crippen LogP contribution in [0.25, 0.3) is 0 Å². The van der Waals surface area contributed by atoms with Crippen molar-refractivity contribution in [1.82, 2.24) is 0 Å². The molecule has 1 spiro atoms. The molecule has 6 rings (SSSR count). The summed E-state index contributed by atoms with van der Waals surface area (Å²) in [5.41, 5.74) is -7.43. The van der Waals surface area contributed by atoms with Gasteiger partial charge in [-0.1, -0.05) is 26.5 Å². The highest BCUT2D eigenvalue weighted by Gasteiger charge is 2.83. The average Bonchev–Trinajstić information content (AvgIpc) is 3.53. The molecule has 39 heavy (non-hydrogen) atoms. The van der Waals surface area contributed by atoms with E-state index in [2.05, 4.69) is 6.58 Å². The van der Waals surface area contributed by atoms with Crippen LogP contribution in [0.5, 0.6) is 0 Å². The summed E-state index contributed by atoms with van der Waals surface area (Å²) in [6.07, 6.45) is 3.42. The lowest BCUT2D eigenvalue weighted by Crippen LogP contribution is -2.71. The molecule has 9 nitrogen and oxygen atoms in total. The predicted octanol–water partition coefficient (Wildman–Crippen LogP) is 2.15. The molecule has 0 aromatic rings. The Morgan fingerprint density at radius 2 is 1.85 bits per heavy atom. The number of fused-ring (bicyclic) bond motifs is 4. The Balaban J connectivity index is 1.43. The number of carbonyl (C=O) groups excluding carboxylic acids is 3. The summed E-state index contributed by atoms with van der Waals surface area (Å²) < 4.78 is 17.7. The van der Waals surface area contributed by atoms with Crippen molar-refractivity contribution in [2.45, 2.75) is 114 Å². The molecule has 2 saturated heterocycles. The molecule has 0 bridgehead atoms. The van der Waals surface area contributed by atoms with Crippen LogP contribution in [0.3, 0.4) is 0 Å². The predicted molar refractivity (Wildman–Crippen MR) is 137 cm³/mol. The zero-order valence-electron chi connectivity index (χ0n) is 23.4. The van der Waals surface area contributed by atoms with Crippen molar-refractivity contribution in [2.24, 2.45) is 28.6 Å². The lowest BCUT2D eigenvalue weighted by atomic mass is 9.42. The summed E-state index contributed by atoms with van der Waals surface area (Å²) in [7, 11) is 0. The van der Waals surface area contributed by atoms with Crippen molar-refractivity contribution in [2.75, 3.05) is 0 Å². The van der Waals surface area contributed by atoms with Crippen molar-refractivity contribution in [3.8, 4) is 0 Å². The number of esters is 2. The maximum atomic E-state index is 13.5. The summed E-state index contributed by atoms with van der Waals surface area (Å²) in [5.74, 6) is -2.74. The molecule has 0 unspecified atom stereocenters. The minimum Gasteiger partial charge on any atom is -0.459 e.